The summed E-state index contributed by atoms with van der Waals surface area (Å²) >= 11 is -1.44. The molecule has 4 heteroatoms. The van der Waals surface area contributed by atoms with E-state index in [1.54, 1.807) is 0 Å². The summed E-state index contributed by atoms with van der Waals surface area (Å²) in [6.07, 6.45) is 0. The molecule has 0 aromatic rings. The van der Waals surface area contributed by atoms with Gasteiger partial charge >= 0.3 is 22.5 Å². The van der Waals surface area contributed by atoms with Crippen molar-refractivity contribution in [2.45, 2.75) is 0 Å². The Bertz CT molecular complexity index is 27.0. The van der Waals surface area contributed by atoms with Crippen LogP contribution in [0.1, 0.15) is 0 Å². The first-order chi connectivity index (χ1) is 1.41. The molecule has 28 valence electrons. The summed E-state index contributed by atoms with van der Waals surface area (Å²) in [4.78, 5) is 0. The molecule has 0 aliphatic carbocycles. The molecule has 0 unspecified atom stereocenters. The van der Waals surface area contributed by atoms with E-state index in [4.69, 9.17) is 7.67 Å². The van der Waals surface area contributed by atoms with Crippen molar-refractivity contribution in [3.63, 3.8) is 0 Å². The van der Waals surface area contributed by atoms with Crippen LogP contribution in [0.3, 0.4) is 0 Å². The maximum absolute atomic E-state index is 8.41. The Kier molecular flexibility index (Phi) is 20.9. The molecule has 0 bridgehead atoms. The maximum atomic E-state index is 8.41. The van der Waals surface area contributed by atoms with E-state index in [1.807, 2.05) is 0 Å². The van der Waals surface area contributed by atoms with Gasteiger partial charge in [0.1, 0.15) is 0 Å². The van der Waals surface area contributed by atoms with Crippen LogP contribution in [-0.2, 0) is 39.3 Å². The molecule has 0 saturated carbocycles. The van der Waals surface area contributed by atoms with Crippen molar-refractivity contribution in [1.29, 1.82) is 0 Å². The van der Waals surface area contributed by atoms with Crippen LogP contribution in [-0.4, -0.2) is 0 Å². The molecule has 0 atom stereocenters. The Morgan fingerprint density at radius 3 is 1.25 bits per heavy atom. The summed E-state index contributed by atoms with van der Waals surface area (Å²) < 4.78 is 16.8. The predicted molar refractivity (Wildman–Crippen MR) is 1.37 cm³/mol. The van der Waals surface area contributed by atoms with Crippen molar-refractivity contribution in [2.24, 2.45) is 0 Å². The summed E-state index contributed by atoms with van der Waals surface area (Å²) in [6, 6.07) is 0. The van der Waals surface area contributed by atoms with Crippen molar-refractivity contribution in [3.8, 4) is 0 Å². The summed E-state index contributed by atoms with van der Waals surface area (Å²) in [5, 5.41) is 0. The second-order valence-corrected chi connectivity index (χ2v) is 0.260. The van der Waals surface area contributed by atoms with Gasteiger partial charge in [-0.1, -0.05) is 0 Å². The molecule has 0 aliphatic heterocycles. The topological polar surface area (TPSA) is 34.1 Å². The van der Waals surface area contributed by atoms with Crippen LogP contribution >= 0.6 is 0 Å². The molecule has 0 spiro atoms. The molecule has 0 N–H and O–H groups in total. The predicted octanol–water partition coefficient (Wildman–Crippen LogP) is -0.243. The van der Waals surface area contributed by atoms with Gasteiger partial charge in [0.25, 0.3) is 0 Å². The fourth-order valence-electron chi connectivity index (χ4n) is 0. The van der Waals surface area contributed by atoms with Gasteiger partial charge in [-0.2, -0.15) is 0 Å². The van der Waals surface area contributed by atoms with Gasteiger partial charge in [0.05, 0.1) is 0 Å². The van der Waals surface area contributed by atoms with Crippen LogP contribution in [0.2, 0.25) is 0 Å². The zero-order valence-corrected chi connectivity index (χ0v) is 3.75. The van der Waals surface area contributed by atoms with Gasteiger partial charge < -0.3 is 0 Å². The van der Waals surface area contributed by atoms with Crippen LogP contribution in [0.5, 0.6) is 0 Å². The van der Waals surface area contributed by atoms with Crippen molar-refractivity contribution in [2.75, 3.05) is 0 Å². The van der Waals surface area contributed by atoms with E-state index in [1.165, 1.54) is 0 Å². The van der Waals surface area contributed by atoms with E-state index in [0.717, 1.165) is 0 Å². The molecule has 0 aliphatic rings. The standard InChI is InChI=1S/Co.Mn.2O. The average Bonchev–Trinajstić information content (AvgIpc) is 0.918. The van der Waals surface area contributed by atoms with Crippen LogP contribution in [0.15, 0.2) is 0 Å². The molecule has 0 aromatic heterocycles. The Morgan fingerprint density at radius 2 is 1.25 bits per heavy atom. The fraction of sp³-hybridized carbons (Fsp3) is 0. The van der Waals surface area contributed by atoms with Gasteiger partial charge in [-0.15, -0.1) is 0 Å². The summed E-state index contributed by atoms with van der Waals surface area (Å²) in [5.74, 6) is 0. The molecule has 0 saturated heterocycles. The SMILES string of the molecule is [Co].[O]=[Mn]=[O]. The van der Waals surface area contributed by atoms with E-state index in [9.17, 15) is 0 Å². The molecule has 0 rings (SSSR count). The summed E-state index contributed by atoms with van der Waals surface area (Å²) in [7, 11) is 0. The normalized spacial score (nSPS) is 3.00. The first-order valence-electron chi connectivity index (χ1n) is 0.309. The molecule has 1 radical (unpaired) electrons. The molecule has 0 aromatic carbocycles. The Hall–Kier alpha value is 0.626. The van der Waals surface area contributed by atoms with Crippen LogP contribution in [0.25, 0.3) is 0 Å². The zero-order chi connectivity index (χ0) is 2.71. The Balaban J connectivity index is 0. The van der Waals surface area contributed by atoms with Crippen molar-refractivity contribution >= 4 is 0 Å². The van der Waals surface area contributed by atoms with E-state index < -0.39 is 14.8 Å². The van der Waals surface area contributed by atoms with Crippen molar-refractivity contribution in [3.05, 3.63) is 0 Å². The zero-order valence-electron chi connectivity index (χ0n) is 1.53. The van der Waals surface area contributed by atoms with Crippen LogP contribution in [0.4, 0.5) is 0 Å². The van der Waals surface area contributed by atoms with Gasteiger partial charge in [0.15, 0.2) is 0 Å². The average molecular weight is 146 g/mol. The van der Waals surface area contributed by atoms with E-state index in [0.29, 0.717) is 0 Å². The summed E-state index contributed by atoms with van der Waals surface area (Å²) in [6.45, 7) is 0. The van der Waals surface area contributed by atoms with E-state index >= 15 is 0 Å². The third-order valence-electron chi connectivity index (χ3n) is 0. The van der Waals surface area contributed by atoms with Crippen LogP contribution < -0.4 is 0 Å². The molecule has 2 nitrogen and oxygen atoms in total. The van der Waals surface area contributed by atoms with Gasteiger partial charge in [-0.25, -0.2) is 0 Å². The minimum atomic E-state index is -1.44. The number of hydrogen-bond acceptors (Lipinski definition) is 2. The molecular weight excluding hydrogens is 146 g/mol. The molecule has 0 amide bonds. The quantitative estimate of drug-likeness (QED) is 0.441. The molecular formula is CoMnO2. The summed E-state index contributed by atoms with van der Waals surface area (Å²) in [5.41, 5.74) is 0. The monoisotopic (exact) mass is 146 g/mol. The van der Waals surface area contributed by atoms with Crippen molar-refractivity contribution < 1.29 is 39.3 Å². The molecule has 4 heavy (non-hydrogen) atoms. The fourth-order valence-corrected chi connectivity index (χ4v) is 0. The first-order valence-corrected chi connectivity index (χ1v) is 1.27. The van der Waals surface area contributed by atoms with Gasteiger partial charge in [0.2, 0.25) is 0 Å². The second-order valence-electron chi connectivity index (χ2n) is 0.0630. The van der Waals surface area contributed by atoms with E-state index in [2.05, 4.69) is 0 Å². The molecule has 0 heterocycles. The third kappa shape index (κ3) is 17.7. The number of hydrogen-bond donors (Lipinski definition) is 0. The Labute approximate surface area is 39.7 Å². The van der Waals surface area contributed by atoms with Gasteiger partial charge in [0, 0.05) is 16.8 Å². The van der Waals surface area contributed by atoms with Gasteiger partial charge in [-0.05, 0) is 0 Å². The van der Waals surface area contributed by atoms with E-state index in [-0.39, 0.29) is 16.8 Å². The first kappa shape index (κ1) is 8.82. The third-order valence-corrected chi connectivity index (χ3v) is 0. The Morgan fingerprint density at radius 1 is 1.25 bits per heavy atom. The van der Waals surface area contributed by atoms with Crippen molar-refractivity contribution in [1.82, 2.24) is 0 Å². The minimum absolute atomic E-state index is 0. The van der Waals surface area contributed by atoms with Gasteiger partial charge in [-0.3, -0.25) is 0 Å². The van der Waals surface area contributed by atoms with Crippen LogP contribution in [0, 0.1) is 0 Å². The molecule has 0 fully saturated rings. The number of rotatable bonds is 0. The second kappa shape index (κ2) is 9.46.